The zero-order valence-corrected chi connectivity index (χ0v) is 23.8. The molecule has 0 spiro atoms. The Morgan fingerprint density at radius 3 is 2.49 bits per heavy atom. The number of thioether (sulfide) groups is 1. The molecule has 37 heavy (non-hydrogen) atoms. The highest BCUT2D eigenvalue weighted by molar-refractivity contribution is 7.98. The lowest BCUT2D eigenvalue weighted by atomic mass is 10.1. The van der Waals surface area contributed by atoms with E-state index >= 15 is 0 Å². The molecule has 1 aliphatic rings. The molecule has 1 heterocycles. The van der Waals surface area contributed by atoms with Gasteiger partial charge in [-0.15, -0.1) is 11.8 Å². The van der Waals surface area contributed by atoms with Crippen LogP contribution in [0, 0.1) is 5.82 Å². The van der Waals surface area contributed by atoms with Crippen LogP contribution in [0.4, 0.5) is 15.8 Å². The number of benzene rings is 2. The number of halogens is 1. The third-order valence-electron chi connectivity index (χ3n) is 5.94. The first-order chi connectivity index (χ1) is 17.4. The summed E-state index contributed by atoms with van der Waals surface area (Å²) in [6, 6.07) is 9.03. The van der Waals surface area contributed by atoms with Crippen LogP contribution in [0.3, 0.4) is 0 Å². The summed E-state index contributed by atoms with van der Waals surface area (Å²) in [5.74, 6) is -0.632. The topological polar surface area (TPSA) is 76.1 Å². The van der Waals surface area contributed by atoms with Crippen LogP contribution >= 0.6 is 11.8 Å². The van der Waals surface area contributed by atoms with E-state index in [4.69, 9.17) is 9.47 Å². The van der Waals surface area contributed by atoms with Crippen molar-refractivity contribution in [2.45, 2.75) is 68.4 Å². The Bertz CT molecular complexity index is 1240. The fourth-order valence-electron chi connectivity index (χ4n) is 4.05. The number of unbranched alkanes of at least 4 members (excludes halogenated alkanes) is 1. The standard InChI is InChI=1S/C27H35FN2O5S2/c1-7-8-9-21-18-30(20-12-10-19(28)11-13-20)22-16-24(36-6)23(17-25(22)37(32,33)29(21)5)34-15-14-26(31)35-27(2,3)4/h10-17,21H,7-9,18H2,1-6H3/b15-14+. The summed E-state index contributed by atoms with van der Waals surface area (Å²) in [7, 11) is -2.29. The van der Waals surface area contributed by atoms with Crippen molar-refractivity contribution >= 4 is 39.1 Å². The summed E-state index contributed by atoms with van der Waals surface area (Å²) in [6.45, 7) is 7.78. The lowest BCUT2D eigenvalue weighted by molar-refractivity contribution is -0.148. The SMILES string of the molecule is CCCCC1CN(c2ccc(F)cc2)c2cc(SC)c(O/C=C/C(=O)OC(C)(C)C)cc2S(=O)(=O)N1C. The number of carbonyl (C=O) groups excluding carboxylic acids is 1. The summed E-state index contributed by atoms with van der Waals surface area (Å²) in [4.78, 5) is 14.7. The minimum atomic E-state index is -3.89. The van der Waals surface area contributed by atoms with Gasteiger partial charge in [-0.05, 0) is 63.8 Å². The van der Waals surface area contributed by atoms with Gasteiger partial charge in [0.05, 0.1) is 22.9 Å². The Hall–Kier alpha value is -2.56. The summed E-state index contributed by atoms with van der Waals surface area (Å²) in [5.41, 5.74) is 0.540. The van der Waals surface area contributed by atoms with E-state index in [9.17, 15) is 17.6 Å². The van der Waals surface area contributed by atoms with E-state index in [1.807, 2.05) is 11.2 Å². The van der Waals surface area contributed by atoms with E-state index in [1.165, 1.54) is 40.5 Å². The van der Waals surface area contributed by atoms with Crippen LogP contribution in [-0.4, -0.2) is 50.2 Å². The fraction of sp³-hybridized carbons (Fsp3) is 0.444. The van der Waals surface area contributed by atoms with Crippen LogP contribution in [0.25, 0.3) is 0 Å². The first-order valence-electron chi connectivity index (χ1n) is 12.2. The Kier molecular flexibility index (Phi) is 9.31. The van der Waals surface area contributed by atoms with Crippen LogP contribution in [-0.2, 0) is 19.6 Å². The van der Waals surface area contributed by atoms with E-state index in [1.54, 1.807) is 46.0 Å². The number of ether oxygens (including phenoxy) is 2. The first kappa shape index (κ1) is 29.0. The number of sulfonamides is 1. The lowest BCUT2D eigenvalue weighted by Gasteiger charge is -2.29. The second kappa shape index (κ2) is 11.9. The van der Waals surface area contributed by atoms with Gasteiger partial charge in [0.15, 0.2) is 0 Å². The average Bonchev–Trinajstić information content (AvgIpc) is 2.90. The Morgan fingerprint density at radius 1 is 1.22 bits per heavy atom. The molecule has 1 unspecified atom stereocenters. The maximum Gasteiger partial charge on any atom is 0.334 e. The molecule has 0 saturated carbocycles. The number of hydrogen-bond acceptors (Lipinski definition) is 7. The molecule has 1 aliphatic heterocycles. The highest BCUT2D eigenvalue weighted by Gasteiger charge is 2.37. The van der Waals surface area contributed by atoms with Crippen LogP contribution in [0.5, 0.6) is 5.75 Å². The zero-order valence-electron chi connectivity index (χ0n) is 22.2. The Labute approximate surface area is 223 Å². The average molecular weight is 551 g/mol. The van der Waals surface area contributed by atoms with Crippen LogP contribution < -0.4 is 9.64 Å². The van der Waals surface area contributed by atoms with Gasteiger partial charge in [0, 0.05) is 31.4 Å². The highest BCUT2D eigenvalue weighted by Crippen LogP contribution is 2.43. The van der Waals surface area contributed by atoms with Gasteiger partial charge in [0.1, 0.15) is 22.1 Å². The maximum absolute atomic E-state index is 13.8. The predicted octanol–water partition coefficient (Wildman–Crippen LogP) is 6.11. The van der Waals surface area contributed by atoms with Gasteiger partial charge in [0.2, 0.25) is 10.0 Å². The lowest BCUT2D eigenvalue weighted by Crippen LogP contribution is -2.40. The minimum absolute atomic E-state index is 0.0804. The van der Waals surface area contributed by atoms with Gasteiger partial charge in [0.25, 0.3) is 0 Å². The molecular formula is C27H35FN2O5S2. The Balaban J connectivity index is 2.10. The Morgan fingerprint density at radius 2 is 1.89 bits per heavy atom. The summed E-state index contributed by atoms with van der Waals surface area (Å²) >= 11 is 1.39. The molecule has 0 saturated heterocycles. The van der Waals surface area contributed by atoms with Gasteiger partial charge in [-0.1, -0.05) is 19.8 Å². The van der Waals surface area contributed by atoms with Crippen molar-refractivity contribution in [3.8, 4) is 5.75 Å². The summed E-state index contributed by atoms with van der Waals surface area (Å²) in [5, 5.41) is 0. The van der Waals surface area contributed by atoms with Gasteiger partial charge in [-0.25, -0.2) is 17.6 Å². The number of anilines is 2. The molecule has 0 amide bonds. The van der Waals surface area contributed by atoms with Crippen molar-refractivity contribution in [2.75, 3.05) is 24.7 Å². The normalized spacial score (nSPS) is 17.9. The monoisotopic (exact) mass is 550 g/mol. The third kappa shape index (κ3) is 7.06. The quantitative estimate of drug-likeness (QED) is 0.170. The number of likely N-dealkylation sites (N-methyl/N-ethyl adjacent to an activating group) is 1. The number of fused-ring (bicyclic) bond motifs is 1. The molecular weight excluding hydrogens is 515 g/mol. The van der Waals surface area contributed by atoms with Crippen molar-refractivity contribution in [1.29, 1.82) is 0 Å². The number of esters is 1. The molecule has 202 valence electrons. The van der Waals surface area contributed by atoms with Gasteiger partial charge >= 0.3 is 5.97 Å². The molecule has 7 nitrogen and oxygen atoms in total. The molecule has 0 aromatic heterocycles. The van der Waals surface area contributed by atoms with Gasteiger partial charge in [-0.2, -0.15) is 4.31 Å². The molecule has 0 bridgehead atoms. The molecule has 0 aliphatic carbocycles. The smallest absolute Gasteiger partial charge is 0.334 e. The molecule has 2 aromatic carbocycles. The van der Waals surface area contributed by atoms with E-state index in [0.29, 0.717) is 35.0 Å². The summed E-state index contributed by atoms with van der Waals surface area (Å²) in [6.07, 6.45) is 6.72. The van der Waals surface area contributed by atoms with Crippen molar-refractivity contribution in [3.05, 3.63) is 54.6 Å². The van der Waals surface area contributed by atoms with E-state index < -0.39 is 21.6 Å². The largest absolute Gasteiger partial charge is 0.464 e. The van der Waals surface area contributed by atoms with E-state index in [-0.39, 0.29) is 16.8 Å². The minimum Gasteiger partial charge on any atom is -0.464 e. The molecule has 0 radical (unpaired) electrons. The molecule has 0 N–H and O–H groups in total. The number of rotatable bonds is 8. The van der Waals surface area contributed by atoms with Crippen molar-refractivity contribution in [2.24, 2.45) is 0 Å². The molecule has 10 heteroatoms. The molecule has 0 fully saturated rings. The fourth-order valence-corrected chi connectivity index (χ4v) is 6.15. The van der Waals surface area contributed by atoms with Crippen molar-refractivity contribution < 1.29 is 27.1 Å². The van der Waals surface area contributed by atoms with Crippen molar-refractivity contribution in [3.63, 3.8) is 0 Å². The van der Waals surface area contributed by atoms with Gasteiger partial charge < -0.3 is 14.4 Å². The van der Waals surface area contributed by atoms with Crippen molar-refractivity contribution in [1.82, 2.24) is 4.31 Å². The number of nitrogens with zero attached hydrogens (tertiary/aromatic N) is 2. The first-order valence-corrected chi connectivity index (χ1v) is 14.8. The van der Waals surface area contributed by atoms with Crippen LogP contribution in [0.15, 0.2) is 58.5 Å². The van der Waals surface area contributed by atoms with Crippen LogP contribution in [0.1, 0.15) is 47.0 Å². The molecule has 3 rings (SSSR count). The number of hydrogen-bond donors (Lipinski definition) is 0. The molecule has 1 atom stereocenters. The van der Waals surface area contributed by atoms with E-state index in [2.05, 4.69) is 6.92 Å². The maximum atomic E-state index is 13.8. The van der Waals surface area contributed by atoms with Gasteiger partial charge in [-0.3, -0.25) is 0 Å². The second-order valence-electron chi connectivity index (χ2n) is 9.83. The van der Waals surface area contributed by atoms with Crippen LogP contribution in [0.2, 0.25) is 0 Å². The third-order valence-corrected chi connectivity index (χ3v) is 8.63. The summed E-state index contributed by atoms with van der Waals surface area (Å²) < 4.78 is 53.7. The highest BCUT2D eigenvalue weighted by atomic mass is 32.2. The van der Waals surface area contributed by atoms with E-state index in [0.717, 1.165) is 18.9 Å². The predicted molar refractivity (Wildman–Crippen MR) is 146 cm³/mol. The molecule has 2 aromatic rings. The second-order valence-corrected chi connectivity index (χ2v) is 12.6. The number of carbonyl (C=O) groups is 1. The zero-order chi connectivity index (χ0) is 27.4.